The van der Waals surface area contributed by atoms with Crippen LogP contribution in [-0.4, -0.2) is 23.5 Å². The van der Waals surface area contributed by atoms with Gasteiger partial charge >= 0.3 is 0 Å². The van der Waals surface area contributed by atoms with Crippen LogP contribution in [0.5, 0.6) is 0 Å². The summed E-state index contributed by atoms with van der Waals surface area (Å²) in [7, 11) is 0. The molecule has 3 nitrogen and oxygen atoms in total. The molecule has 1 aliphatic heterocycles. The molecule has 3 atom stereocenters. The van der Waals surface area contributed by atoms with Gasteiger partial charge in [-0.1, -0.05) is 0 Å². The summed E-state index contributed by atoms with van der Waals surface area (Å²) < 4.78 is 6.42. The lowest BCUT2D eigenvalue weighted by Gasteiger charge is -2.39. The van der Waals surface area contributed by atoms with Crippen LogP contribution >= 0.6 is 15.9 Å². The molecule has 2 N–H and O–H groups in total. The van der Waals surface area contributed by atoms with Gasteiger partial charge in [0.1, 0.15) is 5.76 Å². The van der Waals surface area contributed by atoms with Gasteiger partial charge in [-0.2, -0.15) is 0 Å². The van der Waals surface area contributed by atoms with Gasteiger partial charge in [0, 0.05) is 18.6 Å². The maximum absolute atomic E-state index is 5.97. The van der Waals surface area contributed by atoms with Crippen molar-refractivity contribution in [2.24, 2.45) is 5.73 Å². The van der Waals surface area contributed by atoms with E-state index in [-0.39, 0.29) is 0 Å². The molecule has 0 spiro atoms. The first-order valence-electron chi connectivity index (χ1n) is 5.84. The van der Waals surface area contributed by atoms with Gasteiger partial charge < -0.3 is 10.2 Å². The Morgan fingerprint density at radius 2 is 2.31 bits per heavy atom. The Labute approximate surface area is 105 Å². The number of halogens is 1. The minimum absolute atomic E-state index is 0.328. The molecule has 1 fully saturated rings. The number of rotatable bonds is 2. The molecule has 0 saturated carbocycles. The number of piperidine rings is 1. The van der Waals surface area contributed by atoms with E-state index in [2.05, 4.69) is 34.7 Å². The Morgan fingerprint density at radius 1 is 1.56 bits per heavy atom. The molecule has 4 heteroatoms. The molecule has 0 amide bonds. The minimum Gasteiger partial charge on any atom is -0.453 e. The van der Waals surface area contributed by atoms with Gasteiger partial charge in [0.05, 0.1) is 6.04 Å². The van der Waals surface area contributed by atoms with Crippen molar-refractivity contribution in [1.82, 2.24) is 4.90 Å². The van der Waals surface area contributed by atoms with Gasteiger partial charge in [0.25, 0.3) is 0 Å². The Hall–Kier alpha value is -0.320. The van der Waals surface area contributed by atoms with Crippen molar-refractivity contribution in [1.29, 1.82) is 0 Å². The average molecular weight is 287 g/mol. The van der Waals surface area contributed by atoms with Gasteiger partial charge in [0.15, 0.2) is 4.67 Å². The zero-order valence-corrected chi connectivity index (χ0v) is 11.4. The molecule has 0 aliphatic carbocycles. The lowest BCUT2D eigenvalue weighted by molar-refractivity contribution is 0.0921. The zero-order chi connectivity index (χ0) is 11.7. The maximum atomic E-state index is 5.97. The topological polar surface area (TPSA) is 42.4 Å². The molecule has 1 aromatic heterocycles. The van der Waals surface area contributed by atoms with Crippen LogP contribution in [0.4, 0.5) is 0 Å². The summed E-state index contributed by atoms with van der Waals surface area (Å²) in [5.74, 6) is 1.02. The largest absolute Gasteiger partial charge is 0.453 e. The van der Waals surface area contributed by atoms with E-state index in [0.717, 1.165) is 29.8 Å². The Balaban J connectivity index is 2.07. The molecule has 0 bridgehead atoms. The van der Waals surface area contributed by atoms with Gasteiger partial charge in [-0.05, 0) is 54.8 Å². The molecule has 1 saturated heterocycles. The fourth-order valence-corrected chi connectivity index (χ4v) is 2.84. The first-order chi connectivity index (χ1) is 7.58. The summed E-state index contributed by atoms with van der Waals surface area (Å²) in [5, 5.41) is 0. The highest BCUT2D eigenvalue weighted by atomic mass is 79.9. The smallest absolute Gasteiger partial charge is 0.169 e. The first kappa shape index (κ1) is 12.1. The lowest BCUT2D eigenvalue weighted by atomic mass is 9.97. The molecule has 2 heterocycles. The van der Waals surface area contributed by atoms with Crippen LogP contribution in [-0.2, 0) is 0 Å². The summed E-state index contributed by atoms with van der Waals surface area (Å²) in [6.45, 7) is 5.49. The van der Waals surface area contributed by atoms with E-state index in [4.69, 9.17) is 10.2 Å². The van der Waals surface area contributed by atoms with Crippen molar-refractivity contribution < 1.29 is 4.42 Å². The summed E-state index contributed by atoms with van der Waals surface area (Å²) in [6, 6.07) is 5.21. The van der Waals surface area contributed by atoms with Gasteiger partial charge in [-0.15, -0.1) is 0 Å². The molecule has 90 valence electrons. The van der Waals surface area contributed by atoms with E-state index in [9.17, 15) is 0 Å². The van der Waals surface area contributed by atoms with E-state index in [1.807, 2.05) is 12.1 Å². The Bertz CT molecular complexity index is 353. The molecule has 2 rings (SSSR count). The second-order valence-corrected chi connectivity index (χ2v) is 5.47. The van der Waals surface area contributed by atoms with E-state index in [1.165, 1.54) is 0 Å². The van der Waals surface area contributed by atoms with Crippen LogP contribution in [0.1, 0.15) is 38.5 Å². The highest BCUT2D eigenvalue weighted by Gasteiger charge is 2.28. The highest BCUT2D eigenvalue weighted by Crippen LogP contribution is 2.29. The Morgan fingerprint density at radius 3 is 2.88 bits per heavy atom. The van der Waals surface area contributed by atoms with E-state index in [0.29, 0.717) is 18.1 Å². The summed E-state index contributed by atoms with van der Waals surface area (Å²) in [5.41, 5.74) is 5.97. The maximum Gasteiger partial charge on any atom is 0.169 e. The third-order valence-electron chi connectivity index (χ3n) is 3.47. The number of hydrogen-bond donors (Lipinski definition) is 1. The predicted octanol–water partition coefficient (Wildman–Crippen LogP) is 2.91. The van der Waals surface area contributed by atoms with Gasteiger partial charge in [0.2, 0.25) is 0 Å². The van der Waals surface area contributed by atoms with Gasteiger partial charge in [-0.3, -0.25) is 4.90 Å². The van der Waals surface area contributed by atoms with Crippen molar-refractivity contribution in [3.8, 4) is 0 Å². The van der Waals surface area contributed by atoms with Crippen LogP contribution in [0.2, 0.25) is 0 Å². The van der Waals surface area contributed by atoms with E-state index >= 15 is 0 Å². The van der Waals surface area contributed by atoms with Crippen LogP contribution < -0.4 is 5.73 Å². The number of hydrogen-bond acceptors (Lipinski definition) is 3. The number of nitrogens with two attached hydrogens (primary N) is 1. The summed E-state index contributed by atoms with van der Waals surface area (Å²) in [4.78, 5) is 2.47. The Kier molecular flexibility index (Phi) is 3.72. The van der Waals surface area contributed by atoms with Crippen molar-refractivity contribution in [2.45, 2.75) is 44.8 Å². The molecular weight excluding hydrogens is 268 g/mol. The molecule has 3 unspecified atom stereocenters. The van der Waals surface area contributed by atoms with Crippen molar-refractivity contribution in [3.63, 3.8) is 0 Å². The molecule has 0 radical (unpaired) electrons. The lowest BCUT2D eigenvalue weighted by Crippen LogP contribution is -2.46. The van der Waals surface area contributed by atoms with Crippen molar-refractivity contribution in [3.05, 3.63) is 22.6 Å². The molecule has 1 aliphatic rings. The van der Waals surface area contributed by atoms with Crippen molar-refractivity contribution >= 4 is 15.9 Å². The second kappa shape index (κ2) is 4.90. The molecule has 0 aromatic carbocycles. The normalized spacial score (nSPS) is 29.2. The molecule has 16 heavy (non-hydrogen) atoms. The van der Waals surface area contributed by atoms with Gasteiger partial charge in [-0.25, -0.2) is 0 Å². The number of furan rings is 1. The SMILES string of the molecule is CC1CC(N)CCN1C(C)c1ccc(Br)o1. The highest BCUT2D eigenvalue weighted by molar-refractivity contribution is 9.10. The van der Waals surface area contributed by atoms with Crippen LogP contribution in [0.15, 0.2) is 21.2 Å². The number of nitrogens with zero attached hydrogens (tertiary/aromatic N) is 1. The predicted molar refractivity (Wildman–Crippen MR) is 68.2 cm³/mol. The summed E-state index contributed by atoms with van der Waals surface area (Å²) >= 11 is 3.34. The van der Waals surface area contributed by atoms with E-state index < -0.39 is 0 Å². The first-order valence-corrected chi connectivity index (χ1v) is 6.63. The second-order valence-electron chi connectivity index (χ2n) is 4.69. The monoisotopic (exact) mass is 286 g/mol. The van der Waals surface area contributed by atoms with Crippen LogP contribution in [0, 0.1) is 0 Å². The quantitative estimate of drug-likeness (QED) is 0.909. The average Bonchev–Trinajstić information content (AvgIpc) is 2.64. The standard InChI is InChI=1S/C12H19BrN2O/c1-8-7-10(14)5-6-15(8)9(2)11-3-4-12(13)16-11/h3-4,8-10H,5-7,14H2,1-2H3. The third-order valence-corrected chi connectivity index (χ3v) is 3.90. The number of likely N-dealkylation sites (tertiary alicyclic amines) is 1. The minimum atomic E-state index is 0.328. The summed E-state index contributed by atoms with van der Waals surface area (Å²) in [6.07, 6.45) is 2.16. The van der Waals surface area contributed by atoms with Crippen molar-refractivity contribution in [2.75, 3.05) is 6.54 Å². The molecular formula is C12H19BrN2O. The fraction of sp³-hybridized carbons (Fsp3) is 0.667. The van der Waals surface area contributed by atoms with Crippen LogP contribution in [0.25, 0.3) is 0 Å². The zero-order valence-electron chi connectivity index (χ0n) is 9.82. The van der Waals surface area contributed by atoms with E-state index in [1.54, 1.807) is 0 Å². The molecule has 1 aromatic rings. The van der Waals surface area contributed by atoms with Crippen LogP contribution in [0.3, 0.4) is 0 Å². The third kappa shape index (κ3) is 2.50. The fourth-order valence-electron chi connectivity index (χ4n) is 2.52.